The number of rotatable bonds is 5. The fourth-order valence-corrected chi connectivity index (χ4v) is 3.00. The molecule has 4 rings (SSSR count). The molecule has 4 nitrogen and oxygen atoms in total. The molecule has 2 aliphatic rings. The molecule has 2 atom stereocenters. The zero-order valence-electron chi connectivity index (χ0n) is 13.7. The third-order valence-electron chi connectivity index (χ3n) is 4.75. The van der Waals surface area contributed by atoms with Crippen molar-refractivity contribution < 1.29 is 14.0 Å². The molecule has 2 aromatic carbocycles. The van der Waals surface area contributed by atoms with Crippen molar-refractivity contribution in [1.29, 1.82) is 0 Å². The van der Waals surface area contributed by atoms with Crippen LogP contribution in [-0.2, 0) is 4.79 Å². The van der Waals surface area contributed by atoms with Crippen LogP contribution in [0.2, 0.25) is 0 Å². The van der Waals surface area contributed by atoms with E-state index in [-0.39, 0.29) is 29.5 Å². The van der Waals surface area contributed by atoms with Crippen LogP contribution in [0.3, 0.4) is 0 Å². The van der Waals surface area contributed by atoms with Gasteiger partial charge in [-0.3, -0.25) is 9.59 Å². The van der Waals surface area contributed by atoms with E-state index < -0.39 is 0 Å². The second-order valence-electron chi connectivity index (χ2n) is 6.81. The first kappa shape index (κ1) is 15.8. The monoisotopic (exact) mass is 338 g/mol. The van der Waals surface area contributed by atoms with Crippen molar-refractivity contribution >= 4 is 17.5 Å². The minimum atomic E-state index is -0.267. The largest absolute Gasteiger partial charge is 0.349 e. The molecule has 0 aliphatic heterocycles. The van der Waals surface area contributed by atoms with Gasteiger partial charge >= 0.3 is 0 Å². The summed E-state index contributed by atoms with van der Waals surface area (Å²) in [4.78, 5) is 24.3. The number of nitrogens with one attached hydrogen (secondary N) is 2. The van der Waals surface area contributed by atoms with E-state index in [0.29, 0.717) is 17.3 Å². The molecule has 2 N–H and O–H groups in total. The number of hydrogen-bond donors (Lipinski definition) is 2. The Morgan fingerprint density at radius 2 is 1.64 bits per heavy atom. The van der Waals surface area contributed by atoms with Gasteiger partial charge < -0.3 is 10.6 Å². The van der Waals surface area contributed by atoms with Crippen LogP contribution in [0.1, 0.15) is 41.1 Å². The van der Waals surface area contributed by atoms with Gasteiger partial charge in [-0.15, -0.1) is 0 Å². The molecule has 25 heavy (non-hydrogen) atoms. The molecular formula is C20H19FN2O2. The molecule has 0 aromatic heterocycles. The van der Waals surface area contributed by atoms with Crippen LogP contribution in [-0.4, -0.2) is 17.9 Å². The van der Waals surface area contributed by atoms with Gasteiger partial charge in [0.15, 0.2) is 0 Å². The van der Waals surface area contributed by atoms with Crippen molar-refractivity contribution in [2.45, 2.75) is 31.2 Å². The molecule has 2 unspecified atom stereocenters. The Morgan fingerprint density at radius 3 is 2.28 bits per heavy atom. The van der Waals surface area contributed by atoms with Crippen LogP contribution in [0.15, 0.2) is 48.5 Å². The van der Waals surface area contributed by atoms with Crippen LogP contribution >= 0.6 is 0 Å². The lowest BCUT2D eigenvalue weighted by Gasteiger charge is -2.07. The standard InChI is InChI=1S/C20H19FN2O2/c21-14-5-1-12(2-6-14)17-11-18(17)20(25)23-15-7-3-13(4-8-15)19(24)22-16-9-10-16/h1-8,16-18H,9-11H2,(H,22,24)(H,23,25). The van der Waals surface area contributed by atoms with Gasteiger partial charge in [0, 0.05) is 23.2 Å². The van der Waals surface area contributed by atoms with Gasteiger partial charge in [-0.05, 0) is 67.1 Å². The summed E-state index contributed by atoms with van der Waals surface area (Å²) < 4.78 is 13.0. The number of halogens is 1. The van der Waals surface area contributed by atoms with Gasteiger partial charge in [0.2, 0.25) is 5.91 Å². The van der Waals surface area contributed by atoms with Crippen LogP contribution < -0.4 is 10.6 Å². The van der Waals surface area contributed by atoms with Crippen LogP contribution in [0.4, 0.5) is 10.1 Å². The normalized spacial score (nSPS) is 21.5. The Morgan fingerprint density at radius 1 is 0.960 bits per heavy atom. The molecule has 2 saturated carbocycles. The number of carbonyl (C=O) groups is 2. The van der Waals surface area contributed by atoms with Gasteiger partial charge in [-0.25, -0.2) is 4.39 Å². The second-order valence-corrected chi connectivity index (χ2v) is 6.81. The molecule has 0 saturated heterocycles. The summed E-state index contributed by atoms with van der Waals surface area (Å²) in [7, 11) is 0. The SMILES string of the molecule is O=C(NC1CC1)c1ccc(NC(=O)C2CC2c2ccc(F)cc2)cc1. The van der Waals surface area contributed by atoms with E-state index in [1.807, 2.05) is 0 Å². The zero-order chi connectivity index (χ0) is 17.4. The fourth-order valence-electron chi connectivity index (χ4n) is 3.00. The zero-order valence-corrected chi connectivity index (χ0v) is 13.7. The smallest absolute Gasteiger partial charge is 0.251 e. The first-order chi connectivity index (χ1) is 12.1. The molecule has 0 spiro atoms. The van der Waals surface area contributed by atoms with E-state index >= 15 is 0 Å². The van der Waals surface area contributed by atoms with Gasteiger partial charge in [0.05, 0.1) is 0 Å². The lowest BCUT2D eigenvalue weighted by Crippen LogP contribution is -2.25. The molecule has 2 aromatic rings. The van der Waals surface area contributed by atoms with Crippen molar-refractivity contribution in [3.8, 4) is 0 Å². The highest BCUT2D eigenvalue weighted by Gasteiger charge is 2.43. The molecular weight excluding hydrogens is 319 g/mol. The number of hydrogen-bond acceptors (Lipinski definition) is 2. The fraction of sp³-hybridized carbons (Fsp3) is 0.300. The van der Waals surface area contributed by atoms with Crippen molar-refractivity contribution in [2.24, 2.45) is 5.92 Å². The Labute approximate surface area is 145 Å². The highest BCUT2D eigenvalue weighted by Crippen LogP contribution is 2.47. The minimum absolute atomic E-state index is 0.0375. The van der Waals surface area contributed by atoms with Crippen molar-refractivity contribution in [3.63, 3.8) is 0 Å². The van der Waals surface area contributed by atoms with E-state index in [1.165, 1.54) is 12.1 Å². The highest BCUT2D eigenvalue weighted by atomic mass is 19.1. The summed E-state index contributed by atoms with van der Waals surface area (Å²) in [5.41, 5.74) is 2.27. The number of carbonyl (C=O) groups excluding carboxylic acids is 2. The third-order valence-corrected chi connectivity index (χ3v) is 4.75. The quantitative estimate of drug-likeness (QED) is 0.877. The maximum atomic E-state index is 13.0. The van der Waals surface area contributed by atoms with E-state index in [9.17, 15) is 14.0 Å². The van der Waals surface area contributed by atoms with Crippen molar-refractivity contribution in [1.82, 2.24) is 5.32 Å². The van der Waals surface area contributed by atoms with E-state index in [2.05, 4.69) is 10.6 Å². The number of benzene rings is 2. The molecule has 0 bridgehead atoms. The Bertz CT molecular complexity index is 797. The Kier molecular flexibility index (Phi) is 3.99. The van der Waals surface area contributed by atoms with Gasteiger partial charge in [0.25, 0.3) is 5.91 Å². The molecule has 0 radical (unpaired) electrons. The topological polar surface area (TPSA) is 58.2 Å². The minimum Gasteiger partial charge on any atom is -0.349 e. The summed E-state index contributed by atoms with van der Waals surface area (Å²) in [5.74, 6) is -0.299. The van der Waals surface area contributed by atoms with E-state index in [0.717, 1.165) is 24.8 Å². The molecule has 2 amide bonds. The van der Waals surface area contributed by atoms with E-state index in [1.54, 1.807) is 36.4 Å². The molecule has 2 fully saturated rings. The maximum absolute atomic E-state index is 13.0. The molecule has 128 valence electrons. The molecule has 0 heterocycles. The predicted octanol–water partition coefficient (Wildman–Crippen LogP) is 3.46. The van der Waals surface area contributed by atoms with Gasteiger partial charge in [-0.2, -0.15) is 0 Å². The first-order valence-electron chi connectivity index (χ1n) is 8.57. The van der Waals surface area contributed by atoms with Gasteiger partial charge in [-0.1, -0.05) is 12.1 Å². The number of anilines is 1. The highest BCUT2D eigenvalue weighted by molar-refractivity contribution is 5.97. The molecule has 5 heteroatoms. The Balaban J connectivity index is 1.33. The van der Waals surface area contributed by atoms with Crippen molar-refractivity contribution in [2.75, 3.05) is 5.32 Å². The van der Waals surface area contributed by atoms with Gasteiger partial charge in [0.1, 0.15) is 5.82 Å². The third kappa shape index (κ3) is 3.71. The average molecular weight is 338 g/mol. The van der Waals surface area contributed by atoms with Crippen LogP contribution in [0.25, 0.3) is 0 Å². The summed E-state index contributed by atoms with van der Waals surface area (Å²) in [6.45, 7) is 0. The van der Waals surface area contributed by atoms with Crippen LogP contribution in [0.5, 0.6) is 0 Å². The van der Waals surface area contributed by atoms with Crippen molar-refractivity contribution in [3.05, 3.63) is 65.5 Å². The average Bonchev–Trinajstić information content (AvgIpc) is 3.51. The Hall–Kier alpha value is -2.69. The lowest BCUT2D eigenvalue weighted by molar-refractivity contribution is -0.117. The predicted molar refractivity (Wildman–Crippen MR) is 92.8 cm³/mol. The number of amides is 2. The van der Waals surface area contributed by atoms with Crippen LogP contribution in [0, 0.1) is 11.7 Å². The second kappa shape index (κ2) is 6.31. The summed E-state index contributed by atoms with van der Waals surface area (Å²) in [6.07, 6.45) is 2.88. The first-order valence-corrected chi connectivity index (χ1v) is 8.57. The van der Waals surface area contributed by atoms with E-state index in [4.69, 9.17) is 0 Å². The summed E-state index contributed by atoms with van der Waals surface area (Å²) in [6, 6.07) is 13.6. The molecule has 2 aliphatic carbocycles. The maximum Gasteiger partial charge on any atom is 0.251 e. The lowest BCUT2D eigenvalue weighted by atomic mass is 10.1. The summed E-state index contributed by atoms with van der Waals surface area (Å²) >= 11 is 0. The summed E-state index contributed by atoms with van der Waals surface area (Å²) in [5, 5.41) is 5.82.